The summed E-state index contributed by atoms with van der Waals surface area (Å²) in [5, 5.41) is 8.01. The van der Waals surface area contributed by atoms with Gasteiger partial charge in [-0.05, 0) is 42.2 Å². The molecule has 0 aliphatic carbocycles. The molecule has 5 heterocycles. The molecule has 7 nitrogen and oxygen atoms in total. The van der Waals surface area contributed by atoms with Gasteiger partial charge in [0.2, 0.25) is 0 Å². The predicted molar refractivity (Wildman–Crippen MR) is 122 cm³/mol. The molecule has 3 aromatic rings. The first kappa shape index (κ1) is 20.4. The molecule has 0 saturated carbocycles. The molecule has 3 aromatic heterocycles. The summed E-state index contributed by atoms with van der Waals surface area (Å²) in [4.78, 5) is 19.0. The Balaban J connectivity index is 1.39. The van der Waals surface area contributed by atoms with Crippen molar-refractivity contribution >= 4 is 25.0 Å². The predicted octanol–water partition coefficient (Wildman–Crippen LogP) is 2.29. The van der Waals surface area contributed by atoms with Gasteiger partial charge in [-0.1, -0.05) is 17.6 Å². The van der Waals surface area contributed by atoms with E-state index in [-0.39, 0.29) is 11.8 Å². The first-order chi connectivity index (χ1) is 15.7. The molecule has 5 rings (SSSR count). The Kier molecular flexibility index (Phi) is 5.67. The lowest BCUT2D eigenvalue weighted by molar-refractivity contribution is 0.0691. The number of aromatic nitrogens is 3. The van der Waals surface area contributed by atoms with Crippen molar-refractivity contribution in [2.75, 3.05) is 13.1 Å². The van der Waals surface area contributed by atoms with Gasteiger partial charge in [-0.15, -0.1) is 0 Å². The van der Waals surface area contributed by atoms with Gasteiger partial charge in [-0.2, -0.15) is 5.10 Å². The van der Waals surface area contributed by atoms with Crippen LogP contribution in [-0.4, -0.2) is 46.5 Å². The zero-order valence-electron chi connectivity index (χ0n) is 17.8. The number of fused-ring (bicyclic) bond motifs is 1. The minimum Gasteiger partial charge on any atom is -0.472 e. The molecule has 2 radical (unpaired) electrons. The van der Waals surface area contributed by atoms with Crippen LogP contribution >= 0.6 is 0 Å². The highest BCUT2D eigenvalue weighted by molar-refractivity contribution is 6.33. The number of furan rings is 1. The molecule has 1 unspecified atom stereocenters. The van der Waals surface area contributed by atoms with Crippen LogP contribution in [0.4, 0.5) is 0 Å². The monoisotopic (exact) mass is 425 g/mol. The van der Waals surface area contributed by atoms with E-state index in [4.69, 9.17) is 12.3 Å². The van der Waals surface area contributed by atoms with Crippen LogP contribution in [0.1, 0.15) is 34.5 Å². The molecule has 8 heteroatoms. The van der Waals surface area contributed by atoms with E-state index in [0.29, 0.717) is 30.5 Å². The van der Waals surface area contributed by atoms with E-state index in [1.54, 1.807) is 18.5 Å². The van der Waals surface area contributed by atoms with Crippen molar-refractivity contribution in [1.29, 1.82) is 0 Å². The maximum atomic E-state index is 12.8. The van der Waals surface area contributed by atoms with Gasteiger partial charge in [0.25, 0.3) is 5.91 Å². The maximum Gasteiger partial charge on any atom is 0.257 e. The van der Waals surface area contributed by atoms with Gasteiger partial charge in [0.1, 0.15) is 19.9 Å². The molecular formula is C24H24BN5O2. The number of carbonyl (C=O) groups is 1. The SMILES string of the molecule is [B]c1cnn2c1CC=C(C1CCCN(C(=O)c3ccoc3)C1)C=C2NCc1cccnc1. The van der Waals surface area contributed by atoms with Crippen LogP contribution in [0, 0.1) is 5.92 Å². The van der Waals surface area contributed by atoms with E-state index in [0.717, 1.165) is 36.5 Å². The van der Waals surface area contributed by atoms with Crippen LogP contribution < -0.4 is 10.8 Å². The van der Waals surface area contributed by atoms with Gasteiger partial charge in [-0.25, -0.2) is 4.68 Å². The molecule has 32 heavy (non-hydrogen) atoms. The van der Waals surface area contributed by atoms with Gasteiger partial charge >= 0.3 is 0 Å². The highest BCUT2D eigenvalue weighted by Crippen LogP contribution is 2.29. The number of allylic oxidation sites excluding steroid dienone is 2. The Morgan fingerprint density at radius 1 is 1.31 bits per heavy atom. The van der Waals surface area contributed by atoms with Crippen molar-refractivity contribution in [3.63, 3.8) is 0 Å². The van der Waals surface area contributed by atoms with Crippen molar-refractivity contribution in [1.82, 2.24) is 25.0 Å². The van der Waals surface area contributed by atoms with Crippen molar-refractivity contribution < 1.29 is 9.21 Å². The van der Waals surface area contributed by atoms with E-state index < -0.39 is 0 Å². The second-order valence-electron chi connectivity index (χ2n) is 8.21. The topological polar surface area (TPSA) is 76.2 Å². The van der Waals surface area contributed by atoms with Crippen molar-refractivity contribution in [3.05, 3.63) is 83.9 Å². The lowest BCUT2D eigenvalue weighted by Gasteiger charge is -2.33. The Bertz CT molecular complexity index is 1150. The largest absolute Gasteiger partial charge is 0.472 e. The average Bonchev–Trinajstić information content (AvgIpc) is 3.45. The van der Waals surface area contributed by atoms with Crippen molar-refractivity contribution in [3.8, 4) is 0 Å². The summed E-state index contributed by atoms with van der Waals surface area (Å²) in [6.07, 6.45) is 15.4. The Hall–Kier alpha value is -3.55. The second kappa shape index (κ2) is 8.90. The third kappa shape index (κ3) is 4.13. The Labute approximate surface area is 188 Å². The fourth-order valence-electron chi connectivity index (χ4n) is 4.40. The highest BCUT2D eigenvalue weighted by Gasteiger charge is 2.28. The summed E-state index contributed by atoms with van der Waals surface area (Å²) in [7, 11) is 6.20. The molecule has 1 atom stereocenters. The normalized spacial score (nSPS) is 18.4. The van der Waals surface area contributed by atoms with Crippen LogP contribution in [-0.2, 0) is 13.0 Å². The van der Waals surface area contributed by atoms with Gasteiger partial charge in [-0.3, -0.25) is 9.78 Å². The lowest BCUT2D eigenvalue weighted by atomic mass is 9.88. The van der Waals surface area contributed by atoms with Crippen molar-refractivity contribution in [2.45, 2.75) is 25.8 Å². The number of amides is 1. The Morgan fingerprint density at radius 3 is 3.06 bits per heavy atom. The van der Waals surface area contributed by atoms with Crippen LogP contribution in [0.5, 0.6) is 0 Å². The number of hydrogen-bond donors (Lipinski definition) is 1. The van der Waals surface area contributed by atoms with Crippen LogP contribution in [0.15, 0.2) is 71.5 Å². The van der Waals surface area contributed by atoms with Gasteiger partial charge in [0.15, 0.2) is 0 Å². The fourth-order valence-corrected chi connectivity index (χ4v) is 4.40. The van der Waals surface area contributed by atoms with E-state index in [1.165, 1.54) is 18.1 Å². The van der Waals surface area contributed by atoms with Crippen LogP contribution in [0.3, 0.4) is 0 Å². The van der Waals surface area contributed by atoms with Crippen molar-refractivity contribution in [2.24, 2.45) is 5.92 Å². The summed E-state index contributed by atoms with van der Waals surface area (Å²) < 4.78 is 6.98. The zero-order chi connectivity index (χ0) is 21.9. The smallest absolute Gasteiger partial charge is 0.257 e. The first-order valence-electron chi connectivity index (χ1n) is 10.9. The lowest BCUT2D eigenvalue weighted by Crippen LogP contribution is -2.40. The molecule has 0 spiro atoms. The minimum atomic E-state index is 0.0220. The number of nitrogens with zero attached hydrogens (tertiary/aromatic N) is 4. The minimum absolute atomic E-state index is 0.0220. The van der Waals surface area contributed by atoms with Gasteiger partial charge < -0.3 is 14.6 Å². The van der Waals surface area contributed by atoms with E-state index in [2.05, 4.69) is 27.6 Å². The summed E-state index contributed by atoms with van der Waals surface area (Å²) in [5.74, 6) is 1.15. The first-order valence-corrected chi connectivity index (χ1v) is 10.9. The van der Waals surface area contributed by atoms with E-state index >= 15 is 0 Å². The molecule has 2 aliphatic rings. The number of rotatable bonds is 5. The third-order valence-electron chi connectivity index (χ3n) is 6.11. The standard InChI is InChI=1S/C24H24BN5O2/c25-21-14-28-30-22(21)6-5-18(11-23(30)27-13-17-3-1-8-26-12-17)19-4-2-9-29(15-19)24(31)20-7-10-32-16-20/h1,3,5,7-8,10-12,14,16,19,27H,2,4,6,9,13,15H2. The molecule has 1 N–H and O–H groups in total. The molecule has 1 fully saturated rings. The summed E-state index contributed by atoms with van der Waals surface area (Å²) in [6, 6.07) is 5.68. The zero-order valence-corrected chi connectivity index (χ0v) is 17.8. The number of pyridine rings is 1. The second-order valence-corrected chi connectivity index (χ2v) is 8.21. The molecule has 1 amide bonds. The molecule has 160 valence electrons. The summed E-state index contributed by atoms with van der Waals surface area (Å²) >= 11 is 0. The molecule has 0 bridgehead atoms. The number of nitrogens with one attached hydrogen (secondary N) is 1. The van der Waals surface area contributed by atoms with Gasteiger partial charge in [0, 0.05) is 56.3 Å². The number of piperidine rings is 1. The van der Waals surface area contributed by atoms with E-state index in [1.807, 2.05) is 27.9 Å². The average molecular weight is 425 g/mol. The molecule has 1 saturated heterocycles. The Morgan fingerprint density at radius 2 is 2.25 bits per heavy atom. The summed E-state index contributed by atoms with van der Waals surface area (Å²) in [5.41, 5.74) is 4.53. The third-order valence-corrected chi connectivity index (χ3v) is 6.11. The number of carbonyl (C=O) groups excluding carboxylic acids is 1. The molecular weight excluding hydrogens is 401 g/mol. The highest BCUT2D eigenvalue weighted by atomic mass is 16.3. The van der Waals surface area contributed by atoms with Crippen LogP contribution in [0.2, 0.25) is 0 Å². The molecule has 2 aliphatic heterocycles. The van der Waals surface area contributed by atoms with Crippen LogP contribution in [0.25, 0.3) is 5.82 Å². The number of likely N-dealkylation sites (tertiary alicyclic amines) is 1. The molecule has 0 aromatic carbocycles. The van der Waals surface area contributed by atoms with Gasteiger partial charge in [0.05, 0.1) is 11.8 Å². The van der Waals surface area contributed by atoms with E-state index in [9.17, 15) is 4.79 Å². The number of hydrogen-bond acceptors (Lipinski definition) is 5. The maximum absolute atomic E-state index is 12.8. The summed E-state index contributed by atoms with van der Waals surface area (Å²) in [6.45, 7) is 2.07. The quantitative estimate of drug-likeness (QED) is 0.635. The fraction of sp³-hybridized carbons (Fsp3) is 0.292.